The van der Waals surface area contributed by atoms with E-state index in [0.29, 0.717) is 11.9 Å². The molecule has 24 heavy (non-hydrogen) atoms. The molecule has 0 atom stereocenters. The standard InChI is InChI=1S/C16H18N6O2/c1-20(12-7-3-2-4-8-12)16-13(11-17)18-21(19-16)14-9-5-6-10-15(14)22(23)24/h5-6,9-10,12H,2-4,7-8H2,1H3. The van der Waals surface area contributed by atoms with E-state index in [9.17, 15) is 15.4 Å². The minimum atomic E-state index is -0.477. The van der Waals surface area contributed by atoms with Crippen molar-refractivity contribution >= 4 is 11.5 Å². The summed E-state index contributed by atoms with van der Waals surface area (Å²) in [6.45, 7) is 0. The van der Waals surface area contributed by atoms with Gasteiger partial charge in [0.1, 0.15) is 6.07 Å². The first-order chi connectivity index (χ1) is 11.6. The van der Waals surface area contributed by atoms with Crippen LogP contribution in [0.25, 0.3) is 5.69 Å². The molecule has 0 amide bonds. The van der Waals surface area contributed by atoms with E-state index in [-0.39, 0.29) is 17.1 Å². The number of anilines is 1. The minimum absolute atomic E-state index is 0.0936. The molecule has 1 aromatic carbocycles. The quantitative estimate of drug-likeness (QED) is 0.632. The number of nitriles is 1. The summed E-state index contributed by atoms with van der Waals surface area (Å²) >= 11 is 0. The van der Waals surface area contributed by atoms with Crippen LogP contribution in [0, 0.1) is 21.4 Å². The van der Waals surface area contributed by atoms with Gasteiger partial charge in [-0.2, -0.15) is 5.26 Å². The zero-order valence-corrected chi connectivity index (χ0v) is 13.4. The highest BCUT2D eigenvalue weighted by molar-refractivity contribution is 5.54. The topological polar surface area (TPSA) is 101 Å². The fourth-order valence-corrected chi connectivity index (χ4v) is 3.15. The summed E-state index contributed by atoms with van der Waals surface area (Å²) in [4.78, 5) is 13.9. The van der Waals surface area contributed by atoms with Gasteiger partial charge in [-0.1, -0.05) is 31.4 Å². The zero-order chi connectivity index (χ0) is 17.1. The van der Waals surface area contributed by atoms with E-state index < -0.39 is 4.92 Å². The van der Waals surface area contributed by atoms with Gasteiger partial charge in [-0.3, -0.25) is 10.1 Å². The van der Waals surface area contributed by atoms with Gasteiger partial charge in [0.2, 0.25) is 5.69 Å². The predicted octanol–water partition coefficient (Wildman–Crippen LogP) is 2.82. The number of benzene rings is 1. The highest BCUT2D eigenvalue weighted by atomic mass is 16.6. The van der Waals surface area contributed by atoms with Crippen LogP contribution in [0.5, 0.6) is 0 Å². The molecule has 0 bridgehead atoms. The third kappa shape index (κ3) is 2.93. The van der Waals surface area contributed by atoms with Crippen LogP contribution >= 0.6 is 0 Å². The van der Waals surface area contributed by atoms with Crippen molar-refractivity contribution in [2.75, 3.05) is 11.9 Å². The van der Waals surface area contributed by atoms with Gasteiger partial charge in [0.15, 0.2) is 11.5 Å². The number of nitro groups is 1. The summed E-state index contributed by atoms with van der Waals surface area (Å²) in [6, 6.07) is 8.61. The van der Waals surface area contributed by atoms with Crippen LogP contribution in [0.1, 0.15) is 37.8 Å². The molecule has 0 spiro atoms. The van der Waals surface area contributed by atoms with E-state index in [0.717, 1.165) is 25.7 Å². The molecule has 8 heteroatoms. The molecule has 1 aliphatic carbocycles. The molecule has 8 nitrogen and oxygen atoms in total. The highest BCUT2D eigenvalue weighted by Gasteiger charge is 2.25. The second-order valence-corrected chi connectivity index (χ2v) is 5.92. The van der Waals surface area contributed by atoms with Crippen molar-refractivity contribution < 1.29 is 4.92 Å². The second-order valence-electron chi connectivity index (χ2n) is 5.92. The molecular weight excluding hydrogens is 308 g/mol. The summed E-state index contributed by atoms with van der Waals surface area (Å²) in [6.07, 6.45) is 5.67. The first-order valence-corrected chi connectivity index (χ1v) is 7.96. The van der Waals surface area contributed by atoms with Crippen LogP contribution < -0.4 is 4.90 Å². The average Bonchev–Trinajstić information content (AvgIpc) is 3.06. The number of rotatable bonds is 4. The number of hydrogen-bond acceptors (Lipinski definition) is 6. The Morgan fingerprint density at radius 1 is 1.29 bits per heavy atom. The van der Waals surface area contributed by atoms with E-state index in [1.165, 1.54) is 17.3 Å². The van der Waals surface area contributed by atoms with Crippen molar-refractivity contribution in [3.05, 3.63) is 40.1 Å². The number of hydrogen-bond donors (Lipinski definition) is 0. The Bertz CT molecular complexity index is 788. The van der Waals surface area contributed by atoms with E-state index in [2.05, 4.69) is 10.2 Å². The molecule has 1 saturated carbocycles. The summed E-state index contributed by atoms with van der Waals surface area (Å²) in [5, 5.41) is 29.1. The molecule has 3 rings (SSSR count). The Hall–Kier alpha value is -2.95. The third-order valence-electron chi connectivity index (χ3n) is 4.45. The van der Waals surface area contributed by atoms with Crippen molar-refractivity contribution in [1.82, 2.24) is 15.0 Å². The lowest BCUT2D eigenvalue weighted by Gasteiger charge is -2.31. The van der Waals surface area contributed by atoms with Crippen molar-refractivity contribution in [3.63, 3.8) is 0 Å². The van der Waals surface area contributed by atoms with Crippen molar-refractivity contribution in [3.8, 4) is 11.8 Å². The molecule has 2 aromatic rings. The fourth-order valence-electron chi connectivity index (χ4n) is 3.15. The van der Waals surface area contributed by atoms with Crippen LogP contribution in [0.3, 0.4) is 0 Å². The first-order valence-electron chi connectivity index (χ1n) is 7.96. The predicted molar refractivity (Wildman–Crippen MR) is 88.0 cm³/mol. The normalized spacial score (nSPS) is 15.0. The fraction of sp³-hybridized carbons (Fsp3) is 0.438. The number of nitrogens with zero attached hydrogens (tertiary/aromatic N) is 6. The van der Waals surface area contributed by atoms with Gasteiger partial charge in [0.25, 0.3) is 5.69 Å². The minimum Gasteiger partial charge on any atom is -0.353 e. The Morgan fingerprint density at radius 3 is 2.67 bits per heavy atom. The molecule has 124 valence electrons. The molecule has 1 fully saturated rings. The molecule has 1 aromatic heterocycles. The lowest BCUT2D eigenvalue weighted by atomic mass is 9.94. The summed E-state index contributed by atoms with van der Waals surface area (Å²) in [5.41, 5.74) is 0.340. The number of nitro benzene ring substituents is 1. The number of aromatic nitrogens is 3. The lowest BCUT2D eigenvalue weighted by Crippen LogP contribution is -2.34. The smallest absolute Gasteiger partial charge is 0.296 e. The van der Waals surface area contributed by atoms with Crippen LogP contribution in [0.4, 0.5) is 11.5 Å². The van der Waals surface area contributed by atoms with Gasteiger partial charge in [0, 0.05) is 19.2 Å². The molecule has 0 N–H and O–H groups in total. The van der Waals surface area contributed by atoms with Gasteiger partial charge in [-0.25, -0.2) is 0 Å². The lowest BCUT2D eigenvalue weighted by molar-refractivity contribution is -0.384. The molecule has 1 heterocycles. The molecule has 0 aliphatic heterocycles. The van der Waals surface area contributed by atoms with Crippen LogP contribution in [0.2, 0.25) is 0 Å². The van der Waals surface area contributed by atoms with E-state index in [4.69, 9.17) is 0 Å². The van der Waals surface area contributed by atoms with E-state index in [1.54, 1.807) is 18.2 Å². The highest BCUT2D eigenvalue weighted by Crippen LogP contribution is 2.28. The Labute approximate surface area is 139 Å². The molecule has 0 radical (unpaired) electrons. The monoisotopic (exact) mass is 326 g/mol. The Morgan fingerprint density at radius 2 is 2.00 bits per heavy atom. The van der Waals surface area contributed by atoms with Gasteiger partial charge in [-0.15, -0.1) is 15.0 Å². The molecular formula is C16H18N6O2. The largest absolute Gasteiger partial charge is 0.353 e. The van der Waals surface area contributed by atoms with Gasteiger partial charge in [0.05, 0.1) is 4.92 Å². The van der Waals surface area contributed by atoms with Crippen molar-refractivity contribution in [2.45, 2.75) is 38.1 Å². The summed E-state index contributed by atoms with van der Waals surface area (Å²) in [5.74, 6) is 0.475. The maximum atomic E-state index is 11.2. The molecule has 0 unspecified atom stereocenters. The maximum absolute atomic E-state index is 11.2. The van der Waals surface area contributed by atoms with Crippen molar-refractivity contribution in [2.24, 2.45) is 0 Å². The van der Waals surface area contributed by atoms with E-state index >= 15 is 0 Å². The Balaban J connectivity index is 1.99. The SMILES string of the molecule is CN(c1nn(-c2ccccc2[N+](=O)[O-])nc1C#N)C1CCCCC1. The number of para-hydroxylation sites is 2. The third-order valence-corrected chi connectivity index (χ3v) is 4.45. The Kier molecular flexibility index (Phi) is 4.42. The van der Waals surface area contributed by atoms with E-state index in [1.807, 2.05) is 18.0 Å². The summed E-state index contributed by atoms with van der Waals surface area (Å²) in [7, 11) is 1.91. The van der Waals surface area contributed by atoms with Crippen LogP contribution in [-0.2, 0) is 0 Å². The van der Waals surface area contributed by atoms with Gasteiger partial charge in [-0.05, 0) is 18.9 Å². The van der Waals surface area contributed by atoms with Crippen molar-refractivity contribution in [1.29, 1.82) is 5.26 Å². The zero-order valence-electron chi connectivity index (χ0n) is 13.4. The van der Waals surface area contributed by atoms with Gasteiger partial charge >= 0.3 is 0 Å². The first kappa shape index (κ1) is 15.9. The maximum Gasteiger partial charge on any atom is 0.296 e. The second kappa shape index (κ2) is 6.66. The van der Waals surface area contributed by atoms with Crippen LogP contribution in [-0.4, -0.2) is 33.0 Å². The molecule has 0 saturated heterocycles. The van der Waals surface area contributed by atoms with Crippen LogP contribution in [0.15, 0.2) is 24.3 Å². The molecule has 1 aliphatic rings. The van der Waals surface area contributed by atoms with Gasteiger partial charge < -0.3 is 4.90 Å². The average molecular weight is 326 g/mol. The summed E-state index contributed by atoms with van der Waals surface area (Å²) < 4.78 is 0.